The van der Waals surface area contributed by atoms with E-state index in [-0.39, 0.29) is 76.0 Å². The van der Waals surface area contributed by atoms with Crippen LogP contribution in [0, 0.1) is 0 Å². The Morgan fingerprint density at radius 3 is 2.37 bits per heavy atom. The Morgan fingerprint density at radius 1 is 1.11 bits per heavy atom. The minimum atomic E-state index is -4.98. The van der Waals surface area contributed by atoms with E-state index in [4.69, 9.17) is 23.2 Å². The first-order chi connectivity index (χ1) is 12.2. The van der Waals surface area contributed by atoms with Crippen LogP contribution in [-0.4, -0.2) is 31.1 Å². The monoisotopic (exact) mass is 452 g/mol. The van der Waals surface area contributed by atoms with Crippen molar-refractivity contribution in [2.75, 3.05) is 11.4 Å². The Balaban J connectivity index is 0.00000261. The number of fused-ring (bicyclic) bond motifs is 1. The van der Waals surface area contributed by atoms with Gasteiger partial charge in [0, 0.05) is 34.1 Å². The van der Waals surface area contributed by atoms with Crippen LogP contribution in [0.15, 0.2) is 47.6 Å². The van der Waals surface area contributed by atoms with Gasteiger partial charge in [-0.05, 0) is 42.5 Å². The fraction of sp³-hybridized carbons (Fsp3) is 0.125. The molecule has 0 fully saturated rings. The molecule has 27 heavy (non-hydrogen) atoms. The third-order valence-corrected chi connectivity index (χ3v) is 4.45. The average molecular weight is 453 g/mol. The SMILES string of the molecule is O=C(c1ccc(Cl)cc1)N1CC/C(=N/OS(=O)(=O)[O-])c2cc(Cl)ccc21.[K+]. The second-order valence-corrected chi connectivity index (χ2v) is 7.23. The summed E-state index contributed by atoms with van der Waals surface area (Å²) in [5.74, 6) is -0.262. The molecule has 2 aromatic rings. The van der Waals surface area contributed by atoms with Crippen molar-refractivity contribution in [2.45, 2.75) is 6.42 Å². The van der Waals surface area contributed by atoms with Crippen LogP contribution < -0.4 is 56.3 Å². The zero-order valence-corrected chi connectivity index (χ0v) is 19.5. The van der Waals surface area contributed by atoms with Gasteiger partial charge in [-0.1, -0.05) is 28.4 Å². The molecule has 0 aromatic heterocycles. The maximum atomic E-state index is 12.8. The topological polar surface area (TPSA) is 99.1 Å². The van der Waals surface area contributed by atoms with Gasteiger partial charge in [0.25, 0.3) is 16.3 Å². The van der Waals surface area contributed by atoms with Crippen molar-refractivity contribution in [3.05, 3.63) is 63.6 Å². The average Bonchev–Trinajstić information content (AvgIpc) is 2.59. The van der Waals surface area contributed by atoms with E-state index in [2.05, 4.69) is 9.44 Å². The Hall–Kier alpha value is -0.494. The van der Waals surface area contributed by atoms with Gasteiger partial charge in [0.05, 0.1) is 11.4 Å². The van der Waals surface area contributed by atoms with E-state index in [1.54, 1.807) is 36.4 Å². The number of hydrogen-bond donors (Lipinski definition) is 0. The molecule has 0 aliphatic carbocycles. The minimum absolute atomic E-state index is 0. The van der Waals surface area contributed by atoms with Crippen molar-refractivity contribution in [3.8, 4) is 0 Å². The number of halogens is 2. The molecule has 0 saturated carbocycles. The molecular weight excluding hydrogens is 442 g/mol. The number of nitrogens with zero attached hydrogens (tertiary/aromatic N) is 2. The molecular formula is C16H11Cl2KN2O5S. The molecule has 0 radical (unpaired) electrons. The van der Waals surface area contributed by atoms with E-state index in [0.29, 0.717) is 26.9 Å². The van der Waals surface area contributed by atoms with Crippen LogP contribution in [0.5, 0.6) is 0 Å². The third kappa shape index (κ3) is 5.75. The quantitative estimate of drug-likeness (QED) is 0.287. The van der Waals surface area contributed by atoms with Gasteiger partial charge in [-0.2, -0.15) is 8.42 Å². The Morgan fingerprint density at radius 2 is 1.74 bits per heavy atom. The van der Waals surface area contributed by atoms with E-state index in [1.807, 2.05) is 0 Å². The summed E-state index contributed by atoms with van der Waals surface area (Å²) in [7, 11) is -4.98. The number of amides is 1. The second kappa shape index (κ2) is 9.34. The molecule has 7 nitrogen and oxygen atoms in total. The van der Waals surface area contributed by atoms with Crippen LogP contribution >= 0.6 is 23.2 Å². The van der Waals surface area contributed by atoms with E-state index in [0.717, 1.165) is 0 Å². The van der Waals surface area contributed by atoms with Gasteiger partial charge in [0.2, 0.25) is 0 Å². The first-order valence-corrected chi connectivity index (χ1v) is 9.42. The Labute approximate surface area is 208 Å². The predicted octanol–water partition coefficient (Wildman–Crippen LogP) is 0.229. The number of rotatable bonds is 3. The molecule has 1 heterocycles. The van der Waals surface area contributed by atoms with Gasteiger partial charge in [-0.15, -0.1) is 0 Å². The van der Waals surface area contributed by atoms with Crippen molar-refractivity contribution in [3.63, 3.8) is 0 Å². The van der Waals surface area contributed by atoms with Gasteiger partial charge >= 0.3 is 51.4 Å². The van der Waals surface area contributed by atoms with Crippen molar-refractivity contribution < 1.29 is 73.4 Å². The fourth-order valence-electron chi connectivity index (χ4n) is 2.59. The van der Waals surface area contributed by atoms with Crippen LogP contribution in [-0.2, 0) is 14.7 Å². The normalized spacial score (nSPS) is 15.1. The number of oxime groups is 1. The molecule has 0 saturated heterocycles. The van der Waals surface area contributed by atoms with Gasteiger partial charge in [-0.3, -0.25) is 9.08 Å². The van der Waals surface area contributed by atoms with Gasteiger partial charge in [0.1, 0.15) is 0 Å². The minimum Gasteiger partial charge on any atom is -0.714 e. The fourth-order valence-corrected chi connectivity index (χ4v) is 3.07. The maximum Gasteiger partial charge on any atom is 1.00 e. The number of benzene rings is 2. The molecule has 2 aromatic carbocycles. The van der Waals surface area contributed by atoms with Crippen LogP contribution in [0.25, 0.3) is 0 Å². The summed E-state index contributed by atoms with van der Waals surface area (Å²) in [5, 5.41) is 4.29. The summed E-state index contributed by atoms with van der Waals surface area (Å²) in [6.45, 7) is 0.219. The standard InChI is InChI=1S/C16H12Cl2N2O5S.K/c17-11-3-1-10(2-4-11)16(21)20-8-7-14(19-25-26(22,23)24)13-9-12(18)5-6-15(13)20;/h1-6,9H,7-8H2,(H,22,23,24);/q;+1/p-1/b19-14-;. The molecule has 1 amide bonds. The van der Waals surface area contributed by atoms with E-state index in [9.17, 15) is 17.8 Å². The molecule has 0 atom stereocenters. The predicted molar refractivity (Wildman–Crippen MR) is 96.5 cm³/mol. The van der Waals surface area contributed by atoms with Gasteiger partial charge < -0.3 is 9.45 Å². The first-order valence-electron chi connectivity index (χ1n) is 7.33. The second-order valence-electron chi connectivity index (χ2n) is 5.40. The molecule has 0 bridgehead atoms. The summed E-state index contributed by atoms with van der Waals surface area (Å²) in [5.41, 5.74) is 1.54. The summed E-state index contributed by atoms with van der Waals surface area (Å²) >= 11 is 11.8. The van der Waals surface area contributed by atoms with Crippen molar-refractivity contribution in [1.29, 1.82) is 0 Å². The summed E-state index contributed by atoms with van der Waals surface area (Å²) in [6.07, 6.45) is 0.183. The molecule has 0 unspecified atom stereocenters. The molecule has 0 spiro atoms. The first kappa shape index (κ1) is 22.8. The zero-order chi connectivity index (χ0) is 18.9. The molecule has 1 aliphatic rings. The number of hydrogen-bond acceptors (Lipinski definition) is 6. The van der Waals surface area contributed by atoms with Gasteiger partial charge in [0.15, 0.2) is 0 Å². The van der Waals surface area contributed by atoms with E-state index in [1.165, 1.54) is 11.0 Å². The van der Waals surface area contributed by atoms with Crippen molar-refractivity contribution in [1.82, 2.24) is 0 Å². The van der Waals surface area contributed by atoms with Crippen LogP contribution in [0.3, 0.4) is 0 Å². The van der Waals surface area contributed by atoms with Crippen LogP contribution in [0.1, 0.15) is 22.3 Å². The number of anilines is 1. The molecule has 1 aliphatic heterocycles. The molecule has 136 valence electrons. The summed E-state index contributed by atoms with van der Waals surface area (Å²) in [6, 6.07) is 11.2. The van der Waals surface area contributed by atoms with Crippen LogP contribution in [0.2, 0.25) is 10.0 Å². The third-order valence-electron chi connectivity index (χ3n) is 3.71. The van der Waals surface area contributed by atoms with Crippen molar-refractivity contribution >= 4 is 50.9 Å². The Bertz CT molecular complexity index is 996. The maximum absolute atomic E-state index is 12.8. The van der Waals surface area contributed by atoms with Gasteiger partial charge in [-0.25, -0.2) is 0 Å². The summed E-state index contributed by atoms with van der Waals surface area (Å²) < 4.78 is 36.0. The zero-order valence-electron chi connectivity index (χ0n) is 14.1. The van der Waals surface area contributed by atoms with E-state index >= 15 is 0 Å². The summed E-state index contributed by atoms with van der Waals surface area (Å²) in [4.78, 5) is 14.3. The van der Waals surface area contributed by atoms with Crippen molar-refractivity contribution in [2.24, 2.45) is 5.16 Å². The molecule has 11 heteroatoms. The number of carbonyl (C=O) groups is 1. The number of carbonyl (C=O) groups excluding carboxylic acids is 1. The smallest absolute Gasteiger partial charge is 0.714 e. The van der Waals surface area contributed by atoms with E-state index < -0.39 is 10.4 Å². The molecule has 0 N–H and O–H groups in total. The largest absolute Gasteiger partial charge is 1.00 e. The van der Waals surface area contributed by atoms with Crippen LogP contribution in [0.4, 0.5) is 5.69 Å². The Kier molecular flexibility index (Phi) is 7.88. The molecule has 3 rings (SSSR count).